The summed E-state index contributed by atoms with van der Waals surface area (Å²) in [5.74, 6) is 2.39. The number of nitrogens with one attached hydrogen (secondary N) is 2. The first-order valence-electron chi connectivity index (χ1n) is 9.45. The highest BCUT2D eigenvalue weighted by Gasteiger charge is 2.22. The molecule has 2 unspecified atom stereocenters. The molecule has 0 aromatic heterocycles. The van der Waals surface area contributed by atoms with Gasteiger partial charge in [0, 0.05) is 12.5 Å². The fourth-order valence-electron chi connectivity index (χ4n) is 3.21. The van der Waals surface area contributed by atoms with Gasteiger partial charge in [-0.15, -0.1) is 12.4 Å². The predicted molar refractivity (Wildman–Crippen MR) is 109 cm³/mol. The van der Waals surface area contributed by atoms with Crippen LogP contribution in [0.15, 0.2) is 18.2 Å². The molecular formula is C20H33ClN2O3. The highest BCUT2D eigenvalue weighted by molar-refractivity contribution is 5.92. The summed E-state index contributed by atoms with van der Waals surface area (Å²) >= 11 is 0. The van der Waals surface area contributed by atoms with Crippen LogP contribution in [-0.4, -0.2) is 32.7 Å². The first kappa shape index (κ1) is 22.6. The summed E-state index contributed by atoms with van der Waals surface area (Å²) in [6.07, 6.45) is 4.99. The molecule has 1 heterocycles. The average Bonchev–Trinajstić information content (AvgIpc) is 2.63. The number of unbranched alkanes of at least 4 members (excludes halogenated alkanes) is 1. The molecule has 6 heteroatoms. The lowest BCUT2D eigenvalue weighted by molar-refractivity contribution is -0.117. The minimum Gasteiger partial charge on any atom is -0.497 e. The molecule has 5 nitrogen and oxygen atoms in total. The maximum absolute atomic E-state index is 12.5. The number of carbonyl (C=O) groups excluding carboxylic acids is 1. The number of methoxy groups -OCH3 is 1. The molecule has 1 saturated heterocycles. The normalized spacial score (nSPS) is 17.7. The summed E-state index contributed by atoms with van der Waals surface area (Å²) in [6.45, 7) is 7.05. The molecule has 0 aliphatic carbocycles. The van der Waals surface area contributed by atoms with E-state index < -0.39 is 0 Å². The van der Waals surface area contributed by atoms with Gasteiger partial charge in [-0.05, 0) is 56.3 Å². The Bertz CT molecular complexity index is 548. The highest BCUT2D eigenvalue weighted by atomic mass is 35.5. The van der Waals surface area contributed by atoms with Crippen molar-refractivity contribution in [1.82, 2.24) is 5.32 Å². The number of anilines is 1. The first-order chi connectivity index (χ1) is 12.1. The Morgan fingerprint density at radius 3 is 2.88 bits per heavy atom. The molecule has 1 fully saturated rings. The second kappa shape index (κ2) is 12.0. The minimum absolute atomic E-state index is 0. The molecule has 0 radical (unpaired) electrons. The molecule has 1 amide bonds. The minimum atomic E-state index is 0. The maximum Gasteiger partial charge on any atom is 0.224 e. The van der Waals surface area contributed by atoms with Crippen molar-refractivity contribution in [3.8, 4) is 11.5 Å². The van der Waals surface area contributed by atoms with Crippen molar-refractivity contribution in [2.45, 2.75) is 46.0 Å². The zero-order valence-corrected chi connectivity index (χ0v) is 17.0. The lowest BCUT2D eigenvalue weighted by atomic mass is 9.85. The van der Waals surface area contributed by atoms with Gasteiger partial charge in [0.05, 0.1) is 19.4 Å². The molecule has 1 aromatic rings. The smallest absolute Gasteiger partial charge is 0.224 e. The van der Waals surface area contributed by atoms with Crippen LogP contribution >= 0.6 is 12.4 Å². The number of hydrogen-bond acceptors (Lipinski definition) is 4. The number of ether oxygens (including phenoxy) is 2. The number of hydrogen-bond donors (Lipinski definition) is 2. The van der Waals surface area contributed by atoms with Crippen molar-refractivity contribution in [2.75, 3.05) is 32.1 Å². The third-order valence-electron chi connectivity index (χ3n) is 4.86. The van der Waals surface area contributed by atoms with Gasteiger partial charge in [-0.25, -0.2) is 0 Å². The van der Waals surface area contributed by atoms with E-state index in [2.05, 4.69) is 24.5 Å². The Hall–Kier alpha value is -1.46. The van der Waals surface area contributed by atoms with Crippen LogP contribution in [-0.2, 0) is 4.79 Å². The van der Waals surface area contributed by atoms with E-state index in [1.807, 2.05) is 18.2 Å². The van der Waals surface area contributed by atoms with E-state index in [0.717, 1.165) is 25.9 Å². The van der Waals surface area contributed by atoms with E-state index in [0.29, 0.717) is 42.0 Å². The van der Waals surface area contributed by atoms with Crippen LogP contribution in [0.3, 0.4) is 0 Å². The summed E-state index contributed by atoms with van der Waals surface area (Å²) < 4.78 is 11.1. The summed E-state index contributed by atoms with van der Waals surface area (Å²) in [5, 5.41) is 6.44. The Morgan fingerprint density at radius 1 is 1.42 bits per heavy atom. The zero-order chi connectivity index (χ0) is 18.1. The van der Waals surface area contributed by atoms with E-state index in [1.165, 1.54) is 12.8 Å². The Kier molecular flexibility index (Phi) is 10.4. The number of rotatable bonds is 9. The van der Waals surface area contributed by atoms with Crippen molar-refractivity contribution in [1.29, 1.82) is 0 Å². The molecule has 2 N–H and O–H groups in total. The van der Waals surface area contributed by atoms with Gasteiger partial charge in [-0.3, -0.25) is 4.79 Å². The second-order valence-corrected chi connectivity index (χ2v) is 6.90. The summed E-state index contributed by atoms with van der Waals surface area (Å²) in [6, 6.07) is 5.54. The Morgan fingerprint density at radius 2 is 2.23 bits per heavy atom. The fourth-order valence-corrected chi connectivity index (χ4v) is 3.21. The number of halogens is 1. The van der Waals surface area contributed by atoms with Crippen molar-refractivity contribution in [3.05, 3.63) is 18.2 Å². The lowest BCUT2D eigenvalue weighted by Gasteiger charge is -2.28. The van der Waals surface area contributed by atoms with Gasteiger partial charge in [0.25, 0.3) is 0 Å². The van der Waals surface area contributed by atoms with Crippen LogP contribution in [0.2, 0.25) is 0 Å². The molecule has 0 spiro atoms. The predicted octanol–water partition coefficient (Wildman–Crippen LogP) is 4.26. The van der Waals surface area contributed by atoms with E-state index in [1.54, 1.807) is 7.11 Å². The molecule has 148 valence electrons. The van der Waals surface area contributed by atoms with Gasteiger partial charge in [-0.1, -0.05) is 20.3 Å². The molecule has 2 rings (SSSR count). The molecule has 26 heavy (non-hydrogen) atoms. The van der Waals surface area contributed by atoms with Gasteiger partial charge in [0.2, 0.25) is 5.91 Å². The second-order valence-electron chi connectivity index (χ2n) is 6.90. The molecule has 0 saturated carbocycles. The van der Waals surface area contributed by atoms with Crippen LogP contribution in [0.5, 0.6) is 11.5 Å². The third kappa shape index (κ3) is 7.04. The van der Waals surface area contributed by atoms with Gasteiger partial charge < -0.3 is 20.1 Å². The molecular weight excluding hydrogens is 352 g/mol. The lowest BCUT2D eigenvalue weighted by Crippen LogP contribution is -2.34. The number of amides is 1. The first-order valence-corrected chi connectivity index (χ1v) is 9.45. The number of benzene rings is 1. The largest absolute Gasteiger partial charge is 0.497 e. The molecule has 0 bridgehead atoms. The number of piperidine rings is 1. The zero-order valence-electron chi connectivity index (χ0n) is 16.2. The van der Waals surface area contributed by atoms with E-state index >= 15 is 0 Å². The summed E-state index contributed by atoms with van der Waals surface area (Å²) in [7, 11) is 1.62. The maximum atomic E-state index is 12.5. The SMILES string of the molecule is CCCCOc1ccc(OC)cc1NC(=O)CC(C)C1CCCNC1.Cl. The molecule has 1 aliphatic rings. The summed E-state index contributed by atoms with van der Waals surface area (Å²) in [5.41, 5.74) is 0.689. The van der Waals surface area contributed by atoms with Gasteiger partial charge >= 0.3 is 0 Å². The van der Waals surface area contributed by atoms with E-state index in [4.69, 9.17) is 9.47 Å². The monoisotopic (exact) mass is 384 g/mol. The van der Waals surface area contributed by atoms with Crippen LogP contribution in [0.25, 0.3) is 0 Å². The molecule has 1 aromatic carbocycles. The quantitative estimate of drug-likeness (QED) is 0.624. The van der Waals surface area contributed by atoms with E-state index in [-0.39, 0.29) is 18.3 Å². The van der Waals surface area contributed by atoms with Crippen molar-refractivity contribution >= 4 is 24.0 Å². The van der Waals surface area contributed by atoms with Crippen molar-refractivity contribution in [3.63, 3.8) is 0 Å². The summed E-state index contributed by atoms with van der Waals surface area (Å²) in [4.78, 5) is 12.5. The topological polar surface area (TPSA) is 59.6 Å². The third-order valence-corrected chi connectivity index (χ3v) is 4.86. The van der Waals surface area contributed by atoms with Gasteiger partial charge in [0.1, 0.15) is 11.5 Å². The average molecular weight is 385 g/mol. The Labute approximate surface area is 163 Å². The van der Waals surface area contributed by atoms with Crippen LogP contribution < -0.4 is 20.1 Å². The highest BCUT2D eigenvalue weighted by Crippen LogP contribution is 2.30. The standard InChI is InChI=1S/C20H32N2O3.ClH/c1-4-5-11-25-19-9-8-17(24-3)13-18(19)22-20(23)12-15(2)16-7-6-10-21-14-16;/h8-9,13,15-16,21H,4-7,10-12,14H2,1-3H3,(H,22,23);1H. The van der Waals surface area contributed by atoms with Gasteiger partial charge in [-0.2, -0.15) is 0 Å². The molecule has 1 aliphatic heterocycles. The van der Waals surface area contributed by atoms with Gasteiger partial charge in [0.15, 0.2) is 0 Å². The van der Waals surface area contributed by atoms with Crippen LogP contribution in [0.1, 0.15) is 46.0 Å². The van der Waals surface area contributed by atoms with Crippen molar-refractivity contribution in [2.24, 2.45) is 11.8 Å². The number of carbonyl (C=O) groups is 1. The van der Waals surface area contributed by atoms with E-state index in [9.17, 15) is 4.79 Å². The fraction of sp³-hybridized carbons (Fsp3) is 0.650. The molecule has 2 atom stereocenters. The van der Waals surface area contributed by atoms with Crippen LogP contribution in [0, 0.1) is 11.8 Å². The Balaban J connectivity index is 0.00000338. The van der Waals surface area contributed by atoms with Crippen LogP contribution in [0.4, 0.5) is 5.69 Å². The van der Waals surface area contributed by atoms with Crippen molar-refractivity contribution < 1.29 is 14.3 Å².